The highest BCUT2D eigenvalue weighted by Crippen LogP contribution is 2.43. The minimum Gasteiger partial charge on any atom is -0.379 e. The molecule has 0 unspecified atom stereocenters. The Hall–Kier alpha value is -1.64. The highest BCUT2D eigenvalue weighted by molar-refractivity contribution is 5.49. The van der Waals surface area contributed by atoms with Crippen molar-refractivity contribution in [3.05, 3.63) is 69.8 Å². The van der Waals surface area contributed by atoms with Crippen molar-refractivity contribution in [1.29, 1.82) is 0 Å². The summed E-state index contributed by atoms with van der Waals surface area (Å²) in [5.41, 5.74) is 5.98. The second kappa shape index (κ2) is 9.03. The SMILES string of the molecule is CC(C)(C)c1cc(C(C)(C)C)cc(C(O)(c2cc(C(C)(C)C)cc(C(C)(C)C)c2)[C@@H]2CCCN2)c1. The van der Waals surface area contributed by atoms with Crippen LogP contribution in [0.1, 0.15) is 129 Å². The van der Waals surface area contributed by atoms with Gasteiger partial charge in [0.2, 0.25) is 0 Å². The Morgan fingerprint density at radius 3 is 1.06 bits per heavy atom. The highest BCUT2D eigenvalue weighted by atomic mass is 16.3. The van der Waals surface area contributed by atoms with Crippen LogP contribution in [0.25, 0.3) is 0 Å². The maximum Gasteiger partial charge on any atom is 0.130 e. The van der Waals surface area contributed by atoms with Crippen LogP contribution in [0.5, 0.6) is 0 Å². The summed E-state index contributed by atoms with van der Waals surface area (Å²) < 4.78 is 0. The lowest BCUT2D eigenvalue weighted by atomic mass is 9.71. The predicted molar refractivity (Wildman–Crippen MR) is 152 cm³/mol. The lowest BCUT2D eigenvalue weighted by Crippen LogP contribution is -2.47. The van der Waals surface area contributed by atoms with E-state index in [9.17, 15) is 5.11 Å². The van der Waals surface area contributed by atoms with E-state index >= 15 is 0 Å². The van der Waals surface area contributed by atoms with Gasteiger partial charge in [0, 0.05) is 6.04 Å². The van der Waals surface area contributed by atoms with E-state index in [1.54, 1.807) is 0 Å². The third kappa shape index (κ3) is 5.86. The molecule has 0 aromatic heterocycles. The smallest absolute Gasteiger partial charge is 0.130 e. The number of aliphatic hydroxyl groups is 1. The summed E-state index contributed by atoms with van der Waals surface area (Å²) in [5, 5.41) is 16.6. The monoisotopic (exact) mass is 477 g/mol. The minimum atomic E-state index is -1.11. The largest absolute Gasteiger partial charge is 0.379 e. The quantitative estimate of drug-likeness (QED) is 0.471. The first kappa shape index (κ1) is 27.9. The van der Waals surface area contributed by atoms with Crippen molar-refractivity contribution >= 4 is 0 Å². The highest BCUT2D eigenvalue weighted by Gasteiger charge is 2.43. The Labute approximate surface area is 215 Å². The summed E-state index contributed by atoms with van der Waals surface area (Å²) >= 11 is 0. The zero-order chi connectivity index (χ0) is 26.6. The van der Waals surface area contributed by atoms with Crippen LogP contribution in [-0.4, -0.2) is 17.7 Å². The van der Waals surface area contributed by atoms with Crippen LogP contribution in [0, 0.1) is 0 Å². The molecule has 1 heterocycles. The molecular weight excluding hydrogens is 426 g/mol. The van der Waals surface area contributed by atoms with E-state index in [2.05, 4.69) is 125 Å². The van der Waals surface area contributed by atoms with Gasteiger partial charge in [0.15, 0.2) is 0 Å². The van der Waals surface area contributed by atoms with Crippen LogP contribution in [0.2, 0.25) is 0 Å². The Morgan fingerprint density at radius 1 is 0.543 bits per heavy atom. The third-order valence-electron chi connectivity index (χ3n) is 7.77. The second-order valence-corrected chi connectivity index (χ2v) is 15.0. The van der Waals surface area contributed by atoms with E-state index in [4.69, 9.17) is 0 Å². The molecule has 3 rings (SSSR count). The first-order valence-corrected chi connectivity index (χ1v) is 13.5. The van der Waals surface area contributed by atoms with Gasteiger partial charge in [0.25, 0.3) is 0 Å². The molecule has 0 saturated carbocycles. The predicted octanol–water partition coefficient (Wildman–Crippen LogP) is 7.86. The lowest BCUT2D eigenvalue weighted by molar-refractivity contribution is 0.0437. The van der Waals surface area contributed by atoms with Crippen LogP contribution >= 0.6 is 0 Å². The van der Waals surface area contributed by atoms with E-state index in [0.717, 1.165) is 30.5 Å². The number of hydrogen-bond acceptors (Lipinski definition) is 2. The van der Waals surface area contributed by atoms with Gasteiger partial charge in [0.05, 0.1) is 0 Å². The fourth-order valence-electron chi connectivity index (χ4n) is 5.04. The van der Waals surface area contributed by atoms with Gasteiger partial charge in [-0.05, 0) is 74.4 Å². The molecule has 0 spiro atoms. The average molecular weight is 478 g/mol. The molecule has 0 amide bonds. The Bertz CT molecular complexity index is 904. The topological polar surface area (TPSA) is 32.3 Å². The van der Waals surface area contributed by atoms with Crippen LogP contribution in [0.4, 0.5) is 0 Å². The fourth-order valence-corrected chi connectivity index (χ4v) is 5.04. The van der Waals surface area contributed by atoms with E-state index in [-0.39, 0.29) is 27.7 Å². The molecule has 2 aromatic rings. The van der Waals surface area contributed by atoms with Crippen molar-refractivity contribution in [3.63, 3.8) is 0 Å². The molecule has 2 nitrogen and oxygen atoms in total. The second-order valence-electron chi connectivity index (χ2n) is 15.0. The molecule has 0 aliphatic carbocycles. The molecule has 1 aliphatic heterocycles. The van der Waals surface area contributed by atoms with Gasteiger partial charge in [-0.2, -0.15) is 0 Å². The molecule has 194 valence electrons. The molecule has 2 heteroatoms. The van der Waals surface area contributed by atoms with Crippen molar-refractivity contribution in [2.24, 2.45) is 0 Å². The van der Waals surface area contributed by atoms with Gasteiger partial charge in [-0.1, -0.05) is 119 Å². The molecule has 0 radical (unpaired) electrons. The van der Waals surface area contributed by atoms with Crippen LogP contribution < -0.4 is 5.32 Å². The van der Waals surface area contributed by atoms with Gasteiger partial charge in [0.1, 0.15) is 5.60 Å². The Kier molecular flexibility index (Phi) is 7.21. The summed E-state index contributed by atoms with van der Waals surface area (Å²) in [6.07, 6.45) is 2.05. The van der Waals surface area contributed by atoms with E-state index < -0.39 is 5.60 Å². The molecule has 2 aromatic carbocycles. The maximum absolute atomic E-state index is 13.0. The van der Waals surface area contributed by atoms with Crippen molar-refractivity contribution in [2.75, 3.05) is 6.54 Å². The van der Waals surface area contributed by atoms with E-state index in [1.165, 1.54) is 22.3 Å². The standard InChI is InChI=1S/C33H51NO/c1-29(2,3)22-16-23(30(4,5)6)19-26(18-22)33(35,28-14-13-15-34-28)27-20-24(31(7,8)9)17-25(21-27)32(10,11)12/h16-21,28,34-35H,13-15H2,1-12H3/t28-/m0/s1. The molecule has 35 heavy (non-hydrogen) atoms. The number of rotatable bonds is 3. The normalized spacial score (nSPS) is 18.3. The maximum atomic E-state index is 13.0. The zero-order valence-electron chi connectivity index (χ0n) is 24.6. The summed E-state index contributed by atoms with van der Waals surface area (Å²) in [5.74, 6) is 0. The van der Waals surface area contributed by atoms with E-state index in [0.29, 0.717) is 0 Å². The van der Waals surface area contributed by atoms with Gasteiger partial charge in [-0.3, -0.25) is 0 Å². The number of benzene rings is 2. The Morgan fingerprint density at radius 2 is 0.829 bits per heavy atom. The van der Waals surface area contributed by atoms with E-state index in [1.807, 2.05) is 0 Å². The molecule has 1 saturated heterocycles. The summed E-state index contributed by atoms with van der Waals surface area (Å²) in [6, 6.07) is 13.8. The van der Waals surface area contributed by atoms with Gasteiger partial charge >= 0.3 is 0 Å². The number of nitrogens with one attached hydrogen (secondary N) is 1. The molecule has 1 aliphatic rings. The zero-order valence-corrected chi connectivity index (χ0v) is 24.6. The lowest BCUT2D eigenvalue weighted by Gasteiger charge is -2.39. The molecule has 0 bridgehead atoms. The molecule has 1 fully saturated rings. The Balaban J connectivity index is 2.41. The van der Waals surface area contributed by atoms with Gasteiger partial charge in [-0.25, -0.2) is 0 Å². The van der Waals surface area contributed by atoms with Crippen molar-refractivity contribution in [2.45, 2.75) is 129 Å². The van der Waals surface area contributed by atoms with Crippen molar-refractivity contribution < 1.29 is 5.11 Å². The third-order valence-corrected chi connectivity index (χ3v) is 7.77. The van der Waals surface area contributed by atoms with Crippen molar-refractivity contribution in [3.8, 4) is 0 Å². The number of hydrogen-bond donors (Lipinski definition) is 2. The molecule has 1 atom stereocenters. The minimum absolute atomic E-state index is 0.0101. The summed E-state index contributed by atoms with van der Waals surface area (Å²) in [7, 11) is 0. The van der Waals surface area contributed by atoms with Gasteiger partial charge in [-0.15, -0.1) is 0 Å². The van der Waals surface area contributed by atoms with Crippen molar-refractivity contribution in [1.82, 2.24) is 5.32 Å². The average Bonchev–Trinajstić information content (AvgIpc) is 3.25. The molecule has 2 N–H and O–H groups in total. The van der Waals surface area contributed by atoms with Crippen LogP contribution in [0.15, 0.2) is 36.4 Å². The first-order valence-electron chi connectivity index (χ1n) is 13.5. The van der Waals surface area contributed by atoms with Crippen LogP contribution in [0.3, 0.4) is 0 Å². The fraction of sp³-hybridized carbons (Fsp3) is 0.636. The summed E-state index contributed by atoms with van der Waals surface area (Å²) in [6.45, 7) is 28.2. The van der Waals surface area contributed by atoms with Crippen LogP contribution in [-0.2, 0) is 27.3 Å². The van der Waals surface area contributed by atoms with Gasteiger partial charge < -0.3 is 10.4 Å². The first-order chi connectivity index (χ1) is 15.7. The summed E-state index contributed by atoms with van der Waals surface area (Å²) in [4.78, 5) is 0. The molecular formula is C33H51NO.